The van der Waals surface area contributed by atoms with E-state index in [0.717, 1.165) is 22.7 Å². The van der Waals surface area contributed by atoms with E-state index in [1.54, 1.807) is 7.05 Å². The third-order valence-corrected chi connectivity index (χ3v) is 3.31. The minimum Gasteiger partial charge on any atom is -0.387 e. The number of para-hydroxylation sites is 1. The monoisotopic (exact) mass is 288 g/mol. The van der Waals surface area contributed by atoms with E-state index in [0.29, 0.717) is 12.1 Å². The SMILES string of the molecule is CNc1ccccc1C(=O)NCCc1ccc(Cl)cc1. The Balaban J connectivity index is 1.90. The highest BCUT2D eigenvalue weighted by Gasteiger charge is 2.08. The molecule has 0 radical (unpaired) electrons. The predicted molar refractivity (Wildman–Crippen MR) is 83.5 cm³/mol. The molecule has 0 bridgehead atoms. The maximum atomic E-state index is 12.1. The van der Waals surface area contributed by atoms with Crippen LogP contribution in [0, 0.1) is 0 Å². The first-order valence-electron chi connectivity index (χ1n) is 6.50. The van der Waals surface area contributed by atoms with Crippen LogP contribution in [0.15, 0.2) is 48.5 Å². The van der Waals surface area contributed by atoms with Crippen LogP contribution < -0.4 is 10.6 Å². The molecule has 1 amide bonds. The Morgan fingerprint density at radius 3 is 2.50 bits per heavy atom. The van der Waals surface area contributed by atoms with Gasteiger partial charge < -0.3 is 10.6 Å². The number of carbonyl (C=O) groups is 1. The van der Waals surface area contributed by atoms with Crippen LogP contribution in [-0.4, -0.2) is 19.5 Å². The smallest absolute Gasteiger partial charge is 0.253 e. The second-order valence-electron chi connectivity index (χ2n) is 4.43. The average molecular weight is 289 g/mol. The molecule has 0 atom stereocenters. The van der Waals surface area contributed by atoms with E-state index in [1.807, 2.05) is 48.5 Å². The number of amides is 1. The van der Waals surface area contributed by atoms with Crippen LogP contribution in [0.2, 0.25) is 5.02 Å². The average Bonchev–Trinajstić information content (AvgIpc) is 2.49. The predicted octanol–water partition coefficient (Wildman–Crippen LogP) is 3.35. The number of anilines is 1. The van der Waals surface area contributed by atoms with Crippen LogP contribution in [0.4, 0.5) is 5.69 Å². The summed E-state index contributed by atoms with van der Waals surface area (Å²) in [6.45, 7) is 0.596. The molecule has 0 heterocycles. The lowest BCUT2D eigenvalue weighted by Gasteiger charge is -2.09. The molecule has 0 fully saturated rings. The number of nitrogens with one attached hydrogen (secondary N) is 2. The Kier molecular flexibility index (Phi) is 5.02. The maximum Gasteiger partial charge on any atom is 0.253 e. The summed E-state index contributed by atoms with van der Waals surface area (Å²) >= 11 is 5.83. The van der Waals surface area contributed by atoms with Gasteiger partial charge >= 0.3 is 0 Å². The van der Waals surface area contributed by atoms with E-state index >= 15 is 0 Å². The van der Waals surface area contributed by atoms with Crippen LogP contribution in [0.3, 0.4) is 0 Å². The van der Waals surface area contributed by atoms with Gasteiger partial charge in [-0.05, 0) is 36.2 Å². The van der Waals surface area contributed by atoms with Gasteiger partial charge in [-0.2, -0.15) is 0 Å². The fourth-order valence-electron chi connectivity index (χ4n) is 1.97. The number of hydrogen-bond donors (Lipinski definition) is 2. The molecule has 0 aliphatic carbocycles. The second-order valence-corrected chi connectivity index (χ2v) is 4.86. The molecule has 0 saturated heterocycles. The molecular weight excluding hydrogens is 272 g/mol. The topological polar surface area (TPSA) is 41.1 Å². The van der Waals surface area contributed by atoms with E-state index in [1.165, 1.54) is 0 Å². The fraction of sp³-hybridized carbons (Fsp3) is 0.188. The molecular formula is C16H17ClN2O. The highest BCUT2D eigenvalue weighted by molar-refractivity contribution is 6.30. The summed E-state index contributed by atoms with van der Waals surface area (Å²) in [6.07, 6.45) is 0.782. The van der Waals surface area contributed by atoms with E-state index in [4.69, 9.17) is 11.6 Å². The summed E-state index contributed by atoms with van der Waals surface area (Å²) in [5.41, 5.74) is 2.64. The summed E-state index contributed by atoms with van der Waals surface area (Å²) in [5.74, 6) is -0.0658. The highest BCUT2D eigenvalue weighted by atomic mass is 35.5. The van der Waals surface area contributed by atoms with Crippen molar-refractivity contribution in [3.05, 3.63) is 64.7 Å². The van der Waals surface area contributed by atoms with Gasteiger partial charge in [0, 0.05) is 24.3 Å². The van der Waals surface area contributed by atoms with Gasteiger partial charge in [0.2, 0.25) is 0 Å². The standard InChI is InChI=1S/C16H17ClN2O/c1-18-15-5-3-2-4-14(15)16(20)19-11-10-12-6-8-13(17)9-7-12/h2-9,18H,10-11H2,1H3,(H,19,20). The molecule has 2 aromatic rings. The molecule has 2 rings (SSSR count). The summed E-state index contributed by atoms with van der Waals surface area (Å²) in [5, 5.41) is 6.66. The third-order valence-electron chi connectivity index (χ3n) is 3.05. The summed E-state index contributed by atoms with van der Waals surface area (Å²) in [6, 6.07) is 15.1. The van der Waals surface area contributed by atoms with Crippen LogP contribution in [0.25, 0.3) is 0 Å². The Labute approximate surface area is 124 Å². The molecule has 3 nitrogen and oxygen atoms in total. The number of halogens is 1. The molecule has 0 aromatic heterocycles. The molecule has 0 spiro atoms. The van der Waals surface area contributed by atoms with Gasteiger partial charge in [0.15, 0.2) is 0 Å². The number of rotatable bonds is 5. The van der Waals surface area contributed by atoms with Crippen molar-refractivity contribution >= 4 is 23.2 Å². The molecule has 2 N–H and O–H groups in total. The van der Waals surface area contributed by atoms with Gasteiger partial charge in [-0.3, -0.25) is 4.79 Å². The molecule has 0 aliphatic rings. The molecule has 104 valence electrons. The van der Waals surface area contributed by atoms with Crippen molar-refractivity contribution in [2.75, 3.05) is 18.9 Å². The van der Waals surface area contributed by atoms with Crippen LogP contribution >= 0.6 is 11.6 Å². The number of hydrogen-bond acceptors (Lipinski definition) is 2. The van der Waals surface area contributed by atoms with Gasteiger partial charge in [-0.15, -0.1) is 0 Å². The first-order valence-corrected chi connectivity index (χ1v) is 6.88. The van der Waals surface area contributed by atoms with Gasteiger partial charge in [0.25, 0.3) is 5.91 Å². The Morgan fingerprint density at radius 1 is 1.10 bits per heavy atom. The quantitative estimate of drug-likeness (QED) is 0.886. The summed E-state index contributed by atoms with van der Waals surface area (Å²) in [7, 11) is 1.81. The lowest BCUT2D eigenvalue weighted by atomic mass is 10.1. The van der Waals surface area contributed by atoms with Crippen molar-refractivity contribution in [1.82, 2.24) is 5.32 Å². The first-order chi connectivity index (χ1) is 9.70. The Hall–Kier alpha value is -2.00. The zero-order valence-corrected chi connectivity index (χ0v) is 12.1. The fourth-order valence-corrected chi connectivity index (χ4v) is 2.09. The number of carbonyl (C=O) groups excluding carboxylic acids is 1. The van der Waals surface area contributed by atoms with Gasteiger partial charge in [-0.1, -0.05) is 35.9 Å². The molecule has 20 heavy (non-hydrogen) atoms. The molecule has 4 heteroatoms. The van der Waals surface area contributed by atoms with Crippen molar-refractivity contribution in [3.8, 4) is 0 Å². The molecule has 2 aromatic carbocycles. The van der Waals surface area contributed by atoms with Crippen molar-refractivity contribution in [3.63, 3.8) is 0 Å². The normalized spacial score (nSPS) is 10.1. The zero-order valence-electron chi connectivity index (χ0n) is 11.3. The zero-order chi connectivity index (χ0) is 14.4. The van der Waals surface area contributed by atoms with Crippen LogP contribution in [0.1, 0.15) is 15.9 Å². The molecule has 0 aliphatic heterocycles. The van der Waals surface area contributed by atoms with Crippen LogP contribution in [-0.2, 0) is 6.42 Å². The lowest BCUT2D eigenvalue weighted by molar-refractivity contribution is 0.0955. The maximum absolute atomic E-state index is 12.1. The lowest BCUT2D eigenvalue weighted by Crippen LogP contribution is -2.26. The largest absolute Gasteiger partial charge is 0.387 e. The van der Waals surface area contributed by atoms with Crippen molar-refractivity contribution < 1.29 is 4.79 Å². The Morgan fingerprint density at radius 2 is 1.80 bits per heavy atom. The second kappa shape index (κ2) is 6.96. The van der Waals surface area contributed by atoms with Crippen LogP contribution in [0.5, 0.6) is 0 Å². The van der Waals surface area contributed by atoms with Crippen molar-refractivity contribution in [1.29, 1.82) is 0 Å². The molecule has 0 saturated carbocycles. The summed E-state index contributed by atoms with van der Waals surface area (Å²) in [4.78, 5) is 12.1. The van der Waals surface area contributed by atoms with Crippen molar-refractivity contribution in [2.24, 2.45) is 0 Å². The number of benzene rings is 2. The Bertz CT molecular complexity index is 581. The van der Waals surface area contributed by atoms with E-state index < -0.39 is 0 Å². The summed E-state index contributed by atoms with van der Waals surface area (Å²) < 4.78 is 0. The minimum absolute atomic E-state index is 0.0658. The van der Waals surface area contributed by atoms with E-state index in [9.17, 15) is 4.79 Å². The minimum atomic E-state index is -0.0658. The first kappa shape index (κ1) is 14.4. The van der Waals surface area contributed by atoms with Gasteiger partial charge in [0.1, 0.15) is 0 Å². The van der Waals surface area contributed by atoms with Crippen molar-refractivity contribution in [2.45, 2.75) is 6.42 Å². The van der Waals surface area contributed by atoms with Gasteiger partial charge in [0.05, 0.1) is 5.56 Å². The van der Waals surface area contributed by atoms with E-state index in [-0.39, 0.29) is 5.91 Å². The van der Waals surface area contributed by atoms with Gasteiger partial charge in [-0.25, -0.2) is 0 Å². The highest BCUT2D eigenvalue weighted by Crippen LogP contribution is 2.14. The molecule has 0 unspecified atom stereocenters. The third kappa shape index (κ3) is 3.75. The van der Waals surface area contributed by atoms with E-state index in [2.05, 4.69) is 10.6 Å².